The van der Waals surface area contributed by atoms with Crippen LogP contribution in [0.3, 0.4) is 0 Å². The molecule has 1 atom stereocenters. The van der Waals surface area contributed by atoms with Crippen LogP contribution in [0.1, 0.15) is 16.5 Å². The van der Waals surface area contributed by atoms with E-state index in [1.54, 1.807) is 28.4 Å². The summed E-state index contributed by atoms with van der Waals surface area (Å²) in [6.07, 6.45) is 0. The first-order valence-corrected chi connectivity index (χ1v) is 11.9. The average Bonchev–Trinajstić information content (AvgIpc) is 3.37. The van der Waals surface area contributed by atoms with E-state index in [1.807, 2.05) is 22.4 Å². The Morgan fingerprint density at radius 1 is 0.912 bits per heavy atom. The molecule has 2 amide bonds. The van der Waals surface area contributed by atoms with Gasteiger partial charge in [0.1, 0.15) is 11.6 Å². The van der Waals surface area contributed by atoms with Crippen molar-refractivity contribution in [2.75, 3.05) is 44.6 Å². The van der Waals surface area contributed by atoms with Crippen molar-refractivity contribution in [3.63, 3.8) is 0 Å². The number of thiophene rings is 1. The molecule has 0 radical (unpaired) electrons. The lowest BCUT2D eigenvalue weighted by Crippen LogP contribution is -2.52. The molecule has 0 bridgehead atoms. The summed E-state index contributed by atoms with van der Waals surface area (Å²) < 4.78 is 26.4. The minimum Gasteiger partial charge on any atom is -0.339 e. The standard InChI is InChI=1S/C25H26F2N4O2S/c26-19-5-3-18(4-6-19)25(22-2-1-15-34-22)28-16-24(33)31-13-11-30(12-14-31)17-23(32)29-21-9-7-20(27)8-10-21/h1-10,15,25,28H,11-14,16-17H2,(H,29,32). The maximum Gasteiger partial charge on any atom is 0.238 e. The van der Waals surface area contributed by atoms with Crippen molar-refractivity contribution in [2.45, 2.75) is 6.04 Å². The summed E-state index contributed by atoms with van der Waals surface area (Å²) in [7, 11) is 0. The Morgan fingerprint density at radius 3 is 2.18 bits per heavy atom. The van der Waals surface area contributed by atoms with Gasteiger partial charge < -0.3 is 10.2 Å². The van der Waals surface area contributed by atoms with Crippen LogP contribution in [0.15, 0.2) is 66.0 Å². The van der Waals surface area contributed by atoms with Gasteiger partial charge in [-0.15, -0.1) is 11.3 Å². The molecule has 6 nitrogen and oxygen atoms in total. The highest BCUT2D eigenvalue weighted by atomic mass is 32.1. The van der Waals surface area contributed by atoms with Crippen molar-refractivity contribution < 1.29 is 18.4 Å². The Balaban J connectivity index is 1.25. The Labute approximate surface area is 201 Å². The van der Waals surface area contributed by atoms with Gasteiger partial charge in [0.15, 0.2) is 0 Å². The number of benzene rings is 2. The van der Waals surface area contributed by atoms with E-state index in [2.05, 4.69) is 10.6 Å². The minimum atomic E-state index is -0.354. The third-order valence-corrected chi connectivity index (χ3v) is 6.65. The van der Waals surface area contributed by atoms with Crippen LogP contribution in [0.25, 0.3) is 0 Å². The molecular weight excluding hydrogens is 458 g/mol. The molecule has 2 aromatic carbocycles. The first-order chi connectivity index (χ1) is 16.5. The first kappa shape index (κ1) is 24.0. The number of piperazine rings is 1. The van der Waals surface area contributed by atoms with E-state index in [4.69, 9.17) is 0 Å². The predicted octanol–water partition coefficient (Wildman–Crippen LogP) is 3.49. The summed E-state index contributed by atoms with van der Waals surface area (Å²) in [5, 5.41) is 8.05. The van der Waals surface area contributed by atoms with Gasteiger partial charge in [-0.1, -0.05) is 18.2 Å². The average molecular weight is 485 g/mol. The fourth-order valence-corrected chi connectivity index (χ4v) is 4.71. The molecule has 178 valence electrons. The summed E-state index contributed by atoms with van der Waals surface area (Å²) >= 11 is 1.58. The number of nitrogens with one attached hydrogen (secondary N) is 2. The topological polar surface area (TPSA) is 64.7 Å². The molecule has 1 saturated heterocycles. The Morgan fingerprint density at radius 2 is 1.56 bits per heavy atom. The number of nitrogens with zero attached hydrogens (tertiary/aromatic N) is 2. The molecule has 0 saturated carbocycles. The van der Waals surface area contributed by atoms with E-state index in [9.17, 15) is 18.4 Å². The fraction of sp³-hybridized carbons (Fsp3) is 0.280. The molecular formula is C25H26F2N4O2S. The molecule has 1 aromatic heterocycles. The SMILES string of the molecule is O=C(CN1CCN(C(=O)CNC(c2ccc(F)cc2)c2cccs2)CC1)Nc1ccc(F)cc1. The zero-order valence-corrected chi connectivity index (χ0v) is 19.4. The van der Waals surface area contributed by atoms with E-state index in [1.165, 1.54) is 36.4 Å². The molecule has 1 fully saturated rings. The molecule has 9 heteroatoms. The van der Waals surface area contributed by atoms with Crippen LogP contribution in [-0.2, 0) is 9.59 Å². The maximum atomic E-state index is 13.4. The van der Waals surface area contributed by atoms with Crippen LogP contribution in [0.2, 0.25) is 0 Å². The molecule has 0 aliphatic carbocycles. The van der Waals surface area contributed by atoms with Gasteiger partial charge in [0, 0.05) is 36.7 Å². The highest BCUT2D eigenvalue weighted by molar-refractivity contribution is 7.10. The van der Waals surface area contributed by atoms with Crippen molar-refractivity contribution in [1.82, 2.24) is 15.1 Å². The molecule has 1 unspecified atom stereocenters. The quantitative estimate of drug-likeness (QED) is 0.514. The number of carbonyl (C=O) groups is 2. The predicted molar refractivity (Wildman–Crippen MR) is 129 cm³/mol. The van der Waals surface area contributed by atoms with Gasteiger partial charge in [-0.25, -0.2) is 8.78 Å². The number of halogens is 2. The molecule has 34 heavy (non-hydrogen) atoms. The summed E-state index contributed by atoms with van der Waals surface area (Å²) in [5.74, 6) is -0.841. The van der Waals surface area contributed by atoms with E-state index in [-0.39, 0.29) is 42.6 Å². The third-order valence-electron chi connectivity index (χ3n) is 5.71. The number of carbonyl (C=O) groups excluding carboxylic acids is 2. The first-order valence-electron chi connectivity index (χ1n) is 11.1. The van der Waals surface area contributed by atoms with Crippen molar-refractivity contribution >= 4 is 28.8 Å². The second-order valence-corrected chi connectivity index (χ2v) is 9.07. The van der Waals surface area contributed by atoms with Gasteiger partial charge in [-0.2, -0.15) is 0 Å². The normalized spacial score (nSPS) is 15.2. The number of rotatable bonds is 8. The Bertz CT molecular complexity index is 1080. The molecule has 2 N–H and O–H groups in total. The van der Waals surface area contributed by atoms with Gasteiger partial charge in [-0.3, -0.25) is 19.8 Å². The fourth-order valence-electron chi connectivity index (χ4n) is 3.89. The highest BCUT2D eigenvalue weighted by Gasteiger charge is 2.24. The van der Waals surface area contributed by atoms with Crippen molar-refractivity contribution in [2.24, 2.45) is 0 Å². The number of hydrogen-bond acceptors (Lipinski definition) is 5. The minimum absolute atomic E-state index is 0.0147. The van der Waals surface area contributed by atoms with Gasteiger partial charge in [0.2, 0.25) is 11.8 Å². The van der Waals surface area contributed by atoms with Crippen LogP contribution < -0.4 is 10.6 Å². The zero-order valence-electron chi connectivity index (χ0n) is 18.5. The molecule has 4 rings (SSSR count). The van der Waals surface area contributed by atoms with E-state index >= 15 is 0 Å². The van der Waals surface area contributed by atoms with E-state index in [0.717, 1.165) is 10.4 Å². The van der Waals surface area contributed by atoms with E-state index < -0.39 is 0 Å². The molecule has 0 spiro atoms. The van der Waals surface area contributed by atoms with Crippen LogP contribution in [-0.4, -0.2) is 60.9 Å². The largest absolute Gasteiger partial charge is 0.339 e. The molecule has 1 aliphatic rings. The number of amides is 2. The summed E-state index contributed by atoms with van der Waals surface area (Å²) in [6, 6.07) is 15.7. The Hall–Kier alpha value is -3.14. The second kappa shape index (κ2) is 11.3. The number of anilines is 1. The molecule has 1 aliphatic heterocycles. The lowest BCUT2D eigenvalue weighted by atomic mass is 10.1. The number of hydrogen-bond donors (Lipinski definition) is 2. The van der Waals surface area contributed by atoms with Gasteiger partial charge in [-0.05, 0) is 53.4 Å². The van der Waals surface area contributed by atoms with E-state index in [0.29, 0.717) is 31.9 Å². The third kappa shape index (κ3) is 6.47. The lowest BCUT2D eigenvalue weighted by molar-refractivity contribution is -0.132. The summed E-state index contributed by atoms with van der Waals surface area (Å²) in [5.41, 5.74) is 1.45. The van der Waals surface area contributed by atoms with Gasteiger partial charge in [0.05, 0.1) is 19.1 Å². The van der Waals surface area contributed by atoms with Crippen molar-refractivity contribution in [3.05, 3.63) is 88.1 Å². The van der Waals surface area contributed by atoms with Crippen molar-refractivity contribution in [1.29, 1.82) is 0 Å². The monoisotopic (exact) mass is 484 g/mol. The van der Waals surface area contributed by atoms with Crippen molar-refractivity contribution in [3.8, 4) is 0 Å². The Kier molecular flexibility index (Phi) is 7.99. The van der Waals surface area contributed by atoms with Gasteiger partial charge in [0.25, 0.3) is 0 Å². The summed E-state index contributed by atoms with van der Waals surface area (Å²) in [6.45, 7) is 2.62. The van der Waals surface area contributed by atoms with Gasteiger partial charge >= 0.3 is 0 Å². The van der Waals surface area contributed by atoms with Crippen LogP contribution in [0, 0.1) is 11.6 Å². The molecule has 3 aromatic rings. The van der Waals surface area contributed by atoms with Crippen LogP contribution in [0.5, 0.6) is 0 Å². The zero-order chi connectivity index (χ0) is 23.9. The second-order valence-electron chi connectivity index (χ2n) is 8.09. The maximum absolute atomic E-state index is 13.4. The lowest BCUT2D eigenvalue weighted by Gasteiger charge is -2.34. The highest BCUT2D eigenvalue weighted by Crippen LogP contribution is 2.26. The molecule has 2 heterocycles. The van der Waals surface area contributed by atoms with Crippen LogP contribution in [0.4, 0.5) is 14.5 Å². The van der Waals surface area contributed by atoms with Crippen LogP contribution >= 0.6 is 11.3 Å². The summed E-state index contributed by atoms with van der Waals surface area (Å²) in [4.78, 5) is 29.9. The smallest absolute Gasteiger partial charge is 0.238 e.